The summed E-state index contributed by atoms with van der Waals surface area (Å²) in [6, 6.07) is 28.8. The van der Waals surface area contributed by atoms with Crippen LogP contribution in [0.2, 0.25) is 0 Å². The first-order valence-corrected chi connectivity index (χ1v) is 9.57. The van der Waals surface area contributed by atoms with Crippen molar-refractivity contribution in [3.8, 4) is 5.75 Å². The maximum atomic E-state index is 13.3. The van der Waals surface area contributed by atoms with Crippen LogP contribution in [0.3, 0.4) is 0 Å². The average molecular weight is 382 g/mol. The van der Waals surface area contributed by atoms with Crippen LogP contribution >= 0.6 is 0 Å². The molecular weight excluding hydrogens is 363 g/mol. The maximum Gasteiger partial charge on any atom is 0.148 e. The van der Waals surface area contributed by atoms with Crippen molar-refractivity contribution in [3.05, 3.63) is 108 Å². The molecule has 5 aromatic rings. The Morgan fingerprint density at radius 2 is 1.55 bits per heavy atom. The standard InChI is InChI=1S/C25H19FN2O/c26-20-14-12-18(13-15-20)16-28-23-10-4-3-9-22(23)27-25(28)17-29-24-11-5-7-19-6-1-2-8-21(19)24/h1-15H,16-17H2. The van der Waals surface area contributed by atoms with Crippen molar-refractivity contribution in [2.45, 2.75) is 13.2 Å². The molecule has 0 N–H and O–H groups in total. The molecule has 4 aromatic carbocycles. The molecule has 1 heterocycles. The molecule has 0 aliphatic carbocycles. The molecule has 5 rings (SSSR count). The van der Waals surface area contributed by atoms with Crippen LogP contribution in [-0.4, -0.2) is 9.55 Å². The van der Waals surface area contributed by atoms with Gasteiger partial charge in [-0.3, -0.25) is 0 Å². The number of nitrogens with zero attached hydrogens (tertiary/aromatic N) is 2. The fraction of sp³-hybridized carbons (Fsp3) is 0.0800. The van der Waals surface area contributed by atoms with Crippen LogP contribution in [0.5, 0.6) is 5.75 Å². The van der Waals surface area contributed by atoms with Crippen LogP contribution < -0.4 is 4.74 Å². The highest BCUT2D eigenvalue weighted by molar-refractivity contribution is 5.88. The molecule has 0 unspecified atom stereocenters. The lowest BCUT2D eigenvalue weighted by atomic mass is 10.1. The summed E-state index contributed by atoms with van der Waals surface area (Å²) < 4.78 is 21.6. The third-order valence-corrected chi connectivity index (χ3v) is 5.09. The van der Waals surface area contributed by atoms with E-state index in [1.807, 2.05) is 48.5 Å². The molecule has 0 spiro atoms. The number of aromatic nitrogens is 2. The van der Waals surface area contributed by atoms with Crippen LogP contribution in [0.1, 0.15) is 11.4 Å². The van der Waals surface area contributed by atoms with E-state index in [2.05, 4.69) is 22.8 Å². The molecular formula is C25H19FN2O. The minimum absolute atomic E-state index is 0.233. The third kappa shape index (κ3) is 3.45. The largest absolute Gasteiger partial charge is 0.485 e. The number of hydrogen-bond acceptors (Lipinski definition) is 2. The van der Waals surface area contributed by atoms with Crippen LogP contribution in [0, 0.1) is 5.82 Å². The zero-order valence-corrected chi connectivity index (χ0v) is 15.8. The van der Waals surface area contributed by atoms with Crippen LogP contribution in [0.25, 0.3) is 21.8 Å². The zero-order chi connectivity index (χ0) is 19.6. The second-order valence-electron chi connectivity index (χ2n) is 7.00. The molecule has 3 nitrogen and oxygen atoms in total. The second-order valence-corrected chi connectivity index (χ2v) is 7.00. The Bertz CT molecular complexity index is 1290. The highest BCUT2D eigenvalue weighted by Gasteiger charge is 2.12. The topological polar surface area (TPSA) is 27.1 Å². The molecule has 29 heavy (non-hydrogen) atoms. The van der Waals surface area contributed by atoms with Gasteiger partial charge in [0.1, 0.15) is 24.0 Å². The van der Waals surface area contributed by atoms with E-state index in [9.17, 15) is 4.39 Å². The number of ether oxygens (including phenoxy) is 1. The van der Waals surface area contributed by atoms with Crippen molar-refractivity contribution >= 4 is 21.8 Å². The molecule has 0 saturated heterocycles. The highest BCUT2D eigenvalue weighted by Crippen LogP contribution is 2.26. The minimum Gasteiger partial charge on any atom is -0.485 e. The van der Waals surface area contributed by atoms with Crippen molar-refractivity contribution < 1.29 is 9.13 Å². The molecule has 0 atom stereocenters. The van der Waals surface area contributed by atoms with Gasteiger partial charge in [0.15, 0.2) is 0 Å². The molecule has 0 aliphatic heterocycles. The van der Waals surface area contributed by atoms with E-state index in [4.69, 9.17) is 9.72 Å². The maximum absolute atomic E-state index is 13.3. The normalized spacial score (nSPS) is 11.2. The quantitative estimate of drug-likeness (QED) is 0.375. The van der Waals surface area contributed by atoms with Gasteiger partial charge >= 0.3 is 0 Å². The Morgan fingerprint density at radius 3 is 2.45 bits per heavy atom. The van der Waals surface area contributed by atoms with Crippen molar-refractivity contribution in [3.63, 3.8) is 0 Å². The molecule has 4 heteroatoms. The fourth-order valence-corrected chi connectivity index (χ4v) is 3.65. The molecule has 0 fully saturated rings. The van der Waals surface area contributed by atoms with E-state index in [-0.39, 0.29) is 5.82 Å². The summed E-state index contributed by atoms with van der Waals surface area (Å²) in [7, 11) is 0. The van der Waals surface area contributed by atoms with Gasteiger partial charge in [0, 0.05) is 11.9 Å². The highest BCUT2D eigenvalue weighted by atomic mass is 19.1. The number of imidazole rings is 1. The Hall–Kier alpha value is -3.66. The minimum atomic E-state index is -0.233. The van der Waals surface area contributed by atoms with E-state index in [1.165, 1.54) is 12.1 Å². The summed E-state index contributed by atoms with van der Waals surface area (Å²) in [4.78, 5) is 4.79. The van der Waals surface area contributed by atoms with Crippen molar-refractivity contribution in [1.29, 1.82) is 0 Å². The summed E-state index contributed by atoms with van der Waals surface area (Å²) in [6.45, 7) is 0.957. The van der Waals surface area contributed by atoms with Gasteiger partial charge < -0.3 is 9.30 Å². The average Bonchev–Trinajstić information content (AvgIpc) is 3.11. The van der Waals surface area contributed by atoms with Crippen LogP contribution in [-0.2, 0) is 13.2 Å². The Kier molecular flexibility index (Phi) is 4.45. The summed E-state index contributed by atoms with van der Waals surface area (Å²) in [5.41, 5.74) is 2.97. The van der Waals surface area contributed by atoms with Crippen molar-refractivity contribution in [2.75, 3.05) is 0 Å². The summed E-state index contributed by atoms with van der Waals surface area (Å²) >= 11 is 0. The monoisotopic (exact) mass is 382 g/mol. The van der Waals surface area contributed by atoms with Gasteiger partial charge in [-0.25, -0.2) is 9.37 Å². The predicted octanol–water partition coefficient (Wildman–Crippen LogP) is 5.96. The number of halogens is 1. The summed E-state index contributed by atoms with van der Waals surface area (Å²) in [6.07, 6.45) is 0. The molecule has 0 bridgehead atoms. The van der Waals surface area contributed by atoms with Gasteiger partial charge in [0.2, 0.25) is 0 Å². The number of rotatable bonds is 5. The Labute approximate surface area is 168 Å². The van der Waals surface area contributed by atoms with Gasteiger partial charge in [-0.1, -0.05) is 60.7 Å². The summed E-state index contributed by atoms with van der Waals surface area (Å²) in [5, 5.41) is 2.22. The first kappa shape index (κ1) is 17.4. The molecule has 0 aliphatic rings. The van der Waals surface area contributed by atoms with E-state index >= 15 is 0 Å². The second kappa shape index (κ2) is 7.40. The number of hydrogen-bond donors (Lipinski definition) is 0. The lowest BCUT2D eigenvalue weighted by Gasteiger charge is -2.12. The number of para-hydroxylation sites is 2. The molecule has 1 aromatic heterocycles. The van der Waals surface area contributed by atoms with Gasteiger partial charge in [-0.2, -0.15) is 0 Å². The number of fused-ring (bicyclic) bond motifs is 2. The first-order chi connectivity index (χ1) is 14.3. The zero-order valence-electron chi connectivity index (χ0n) is 15.8. The fourth-order valence-electron chi connectivity index (χ4n) is 3.65. The predicted molar refractivity (Wildman–Crippen MR) is 114 cm³/mol. The molecule has 0 saturated carbocycles. The number of benzene rings is 4. The van der Waals surface area contributed by atoms with Crippen molar-refractivity contribution in [1.82, 2.24) is 9.55 Å². The van der Waals surface area contributed by atoms with Crippen molar-refractivity contribution in [2.24, 2.45) is 0 Å². The van der Waals surface area contributed by atoms with Crippen LogP contribution in [0.15, 0.2) is 91.0 Å². The lowest BCUT2D eigenvalue weighted by molar-refractivity contribution is 0.295. The lowest BCUT2D eigenvalue weighted by Crippen LogP contribution is -2.08. The molecule has 0 radical (unpaired) electrons. The van der Waals surface area contributed by atoms with E-state index in [0.717, 1.165) is 38.9 Å². The van der Waals surface area contributed by atoms with Gasteiger partial charge in [-0.15, -0.1) is 0 Å². The van der Waals surface area contributed by atoms with Gasteiger partial charge in [0.25, 0.3) is 0 Å². The van der Waals surface area contributed by atoms with Crippen LogP contribution in [0.4, 0.5) is 4.39 Å². The Morgan fingerprint density at radius 1 is 0.793 bits per heavy atom. The third-order valence-electron chi connectivity index (χ3n) is 5.09. The first-order valence-electron chi connectivity index (χ1n) is 9.57. The van der Waals surface area contributed by atoms with E-state index in [1.54, 1.807) is 12.1 Å². The SMILES string of the molecule is Fc1ccc(Cn2c(COc3cccc4ccccc34)nc3ccccc32)cc1. The Balaban J connectivity index is 1.50. The van der Waals surface area contributed by atoms with E-state index < -0.39 is 0 Å². The summed E-state index contributed by atoms with van der Waals surface area (Å²) in [5.74, 6) is 1.44. The smallest absolute Gasteiger partial charge is 0.148 e. The van der Waals surface area contributed by atoms with Gasteiger partial charge in [-0.05, 0) is 41.3 Å². The molecule has 142 valence electrons. The van der Waals surface area contributed by atoms with Gasteiger partial charge in [0.05, 0.1) is 11.0 Å². The van der Waals surface area contributed by atoms with E-state index in [0.29, 0.717) is 13.2 Å². The molecule has 0 amide bonds.